The number of hydrogen-bond acceptors (Lipinski definition) is 2. The zero-order chi connectivity index (χ0) is 34.8. The summed E-state index contributed by atoms with van der Waals surface area (Å²) in [5, 5.41) is 14.6. The van der Waals surface area contributed by atoms with Crippen LogP contribution in [0.1, 0.15) is 34.3 Å². The molecule has 6 aromatic rings. The number of nitrogens with one attached hydrogen (secondary N) is 2. The average molecular weight is 835 g/mol. The fourth-order valence-corrected chi connectivity index (χ4v) is 13.6. The Morgan fingerprint density at radius 1 is 0.431 bits per heavy atom. The monoisotopic (exact) mass is 834 g/mol. The molecule has 2 N–H and O–H groups in total. The molecule has 0 spiro atoms. The van der Waals surface area contributed by atoms with Crippen molar-refractivity contribution < 1.29 is 15.1 Å². The van der Waals surface area contributed by atoms with Gasteiger partial charge in [0.25, 0.3) is 0 Å². The van der Waals surface area contributed by atoms with Crippen molar-refractivity contribution in [2.45, 2.75) is 37.0 Å². The van der Waals surface area contributed by atoms with Crippen LogP contribution in [0.2, 0.25) is 0 Å². The number of halogens is 2. The van der Waals surface area contributed by atoms with Crippen LogP contribution in [0.5, 0.6) is 0 Å². The van der Waals surface area contributed by atoms with Gasteiger partial charge in [-0.15, -0.1) is 0 Å². The van der Waals surface area contributed by atoms with Crippen LogP contribution in [0.25, 0.3) is 0 Å². The first-order valence-electron chi connectivity index (χ1n) is 17.7. The van der Waals surface area contributed by atoms with Crippen molar-refractivity contribution in [3.63, 3.8) is 0 Å². The summed E-state index contributed by atoms with van der Waals surface area (Å²) in [4.78, 5) is 0. The van der Waals surface area contributed by atoms with Gasteiger partial charge in [-0.25, -0.2) is 0 Å². The number of fused-ring (bicyclic) bond motifs is 2. The van der Waals surface area contributed by atoms with Crippen LogP contribution in [-0.4, -0.2) is 24.4 Å². The molecule has 6 aromatic carbocycles. The summed E-state index contributed by atoms with van der Waals surface area (Å²) in [7, 11) is 7.75. The largest absolute Gasteiger partial charge is 0.302 e. The summed E-state index contributed by atoms with van der Waals surface area (Å²) in [6.45, 7) is 0. The molecule has 51 heavy (non-hydrogen) atoms. The molecule has 2 aliphatic heterocycles. The van der Waals surface area contributed by atoms with E-state index in [0.29, 0.717) is 12.1 Å². The third-order valence-electron chi connectivity index (χ3n) is 10.3. The molecule has 2 heterocycles. The Kier molecular flexibility index (Phi) is 13.2. The fraction of sp³-hybridized carbons (Fsp3) is 0.182. The normalized spacial score (nSPS) is 19.5. The summed E-state index contributed by atoms with van der Waals surface area (Å²) < 4.78 is 0. The Labute approximate surface area is 321 Å². The van der Waals surface area contributed by atoms with E-state index < -0.39 is 15.8 Å². The van der Waals surface area contributed by atoms with Gasteiger partial charge in [-0.1, -0.05) is 121 Å². The van der Waals surface area contributed by atoms with Gasteiger partial charge >= 0.3 is 34.5 Å². The molecule has 0 amide bonds. The summed E-state index contributed by atoms with van der Waals surface area (Å²) >= 11 is -0.346. The molecule has 0 saturated heterocycles. The van der Waals surface area contributed by atoms with Crippen LogP contribution >= 0.6 is 35.2 Å². The van der Waals surface area contributed by atoms with E-state index in [9.17, 15) is 0 Å². The van der Waals surface area contributed by atoms with Crippen molar-refractivity contribution >= 4 is 56.4 Å². The van der Waals surface area contributed by atoms with Crippen LogP contribution in [0.4, 0.5) is 0 Å². The SMILES string of the molecule is [Cl][Ru+2][Cl].c1ccc([PH+](C[C@H]2Cc3ccccc3[C@H]([C@@H]3N[C@@H](C[PH+](c4ccccc4)c4ccccc4)Cc4ccccc43)N2)c2ccccc2)cc1. The molecular formula is C44H44Cl2N2P2Ru+4. The quantitative estimate of drug-likeness (QED) is 0.113. The maximum Gasteiger partial charge on any atom is 0.0967 e. The number of benzene rings is 6. The Morgan fingerprint density at radius 3 is 1.02 bits per heavy atom. The van der Waals surface area contributed by atoms with E-state index in [0.717, 1.165) is 25.2 Å². The summed E-state index contributed by atoms with van der Waals surface area (Å²) in [6.07, 6.45) is 4.42. The molecule has 2 nitrogen and oxygen atoms in total. The molecule has 4 atom stereocenters. The third kappa shape index (κ3) is 9.10. The van der Waals surface area contributed by atoms with Gasteiger partial charge in [0, 0.05) is 12.1 Å². The van der Waals surface area contributed by atoms with Crippen molar-refractivity contribution in [2.24, 2.45) is 0 Å². The molecule has 0 aliphatic carbocycles. The first kappa shape index (κ1) is 36.7. The van der Waals surface area contributed by atoms with E-state index in [4.69, 9.17) is 19.4 Å². The third-order valence-corrected chi connectivity index (χ3v) is 16.2. The standard InChI is InChI=1S/C44H42N2P2.2ClH.Ru/c1-5-19-37(20-6-1)47(38-21-7-2-8-22-38)31-35-29-33-17-13-15-27-41(33)43(45-35)44-42-28-16-14-18-34(42)30-36(46-44)32-48(39-23-9-3-10-24-39)40-25-11-4-12-26-40;;;/h1-28,35-36,43-46H,29-32H2;2*1H;/q;;;+4/t35-,36-,43-,44-;;;/m1.../s1. The minimum atomic E-state index is -0.979. The van der Waals surface area contributed by atoms with Crippen LogP contribution < -0.4 is 31.9 Å². The van der Waals surface area contributed by atoms with E-state index in [1.165, 1.54) is 43.5 Å². The maximum absolute atomic E-state index is 4.85. The van der Waals surface area contributed by atoms with Gasteiger partial charge in [0.1, 0.15) is 0 Å². The summed E-state index contributed by atoms with van der Waals surface area (Å²) in [5.41, 5.74) is 5.89. The van der Waals surface area contributed by atoms with Crippen molar-refractivity contribution in [1.82, 2.24) is 10.6 Å². The van der Waals surface area contributed by atoms with Gasteiger partial charge in [0.05, 0.1) is 61.5 Å². The van der Waals surface area contributed by atoms with Gasteiger partial charge in [-0.2, -0.15) is 0 Å². The molecule has 0 aromatic heterocycles. The molecule has 7 heteroatoms. The molecular weight excluding hydrogens is 790 g/mol. The topological polar surface area (TPSA) is 24.1 Å². The van der Waals surface area contributed by atoms with Gasteiger partial charge in [0.2, 0.25) is 0 Å². The molecule has 0 bridgehead atoms. The minimum absolute atomic E-state index is 0.197. The number of rotatable bonds is 9. The summed E-state index contributed by atoms with van der Waals surface area (Å²) in [5.74, 6) is 0. The van der Waals surface area contributed by atoms with Crippen molar-refractivity contribution in [2.75, 3.05) is 12.3 Å². The van der Waals surface area contributed by atoms with Crippen molar-refractivity contribution in [1.29, 1.82) is 0 Å². The Morgan fingerprint density at radius 2 is 0.706 bits per heavy atom. The van der Waals surface area contributed by atoms with Gasteiger partial charge in [0.15, 0.2) is 0 Å². The van der Waals surface area contributed by atoms with Crippen LogP contribution in [-0.2, 0) is 28.0 Å². The molecule has 8 rings (SSSR count). The average Bonchev–Trinajstić information content (AvgIpc) is 3.20. The van der Waals surface area contributed by atoms with E-state index in [-0.39, 0.29) is 27.2 Å². The van der Waals surface area contributed by atoms with E-state index >= 15 is 0 Å². The van der Waals surface area contributed by atoms with E-state index in [2.05, 4.69) is 180 Å². The second-order valence-electron chi connectivity index (χ2n) is 13.4. The number of hydrogen-bond donors (Lipinski definition) is 2. The predicted octanol–water partition coefficient (Wildman–Crippen LogP) is 8.60. The van der Waals surface area contributed by atoms with E-state index in [1.54, 1.807) is 0 Å². The molecule has 2 aliphatic rings. The maximum atomic E-state index is 4.85. The van der Waals surface area contributed by atoms with E-state index in [1.807, 2.05) is 0 Å². The minimum Gasteiger partial charge on any atom is -0.302 e. The summed E-state index contributed by atoms with van der Waals surface area (Å²) in [6, 6.07) is 64.6. The van der Waals surface area contributed by atoms with Gasteiger partial charge < -0.3 is 10.6 Å². The molecule has 0 radical (unpaired) electrons. The van der Waals surface area contributed by atoms with Gasteiger partial charge in [-0.05, 0) is 83.6 Å². The van der Waals surface area contributed by atoms with Crippen LogP contribution in [0, 0.1) is 0 Å². The molecule has 0 saturated carbocycles. The van der Waals surface area contributed by atoms with Crippen LogP contribution in [0.15, 0.2) is 170 Å². The first-order valence-corrected chi connectivity index (χ1v) is 25.6. The fourth-order valence-electron chi connectivity index (χ4n) is 8.05. The zero-order valence-corrected chi connectivity index (χ0v) is 33.7. The van der Waals surface area contributed by atoms with Crippen LogP contribution in [0.3, 0.4) is 0 Å². The zero-order valence-electron chi connectivity index (χ0n) is 28.4. The molecule has 0 unspecified atom stereocenters. The first-order chi connectivity index (χ1) is 25.2. The van der Waals surface area contributed by atoms with Crippen molar-refractivity contribution in [3.05, 3.63) is 192 Å². The second kappa shape index (κ2) is 18.4. The molecule has 0 fully saturated rings. The Bertz CT molecular complexity index is 1730. The van der Waals surface area contributed by atoms with Crippen molar-refractivity contribution in [3.8, 4) is 0 Å². The Balaban J connectivity index is 0.00000131. The smallest absolute Gasteiger partial charge is 0.0967 e. The van der Waals surface area contributed by atoms with Gasteiger partial charge in [-0.3, -0.25) is 0 Å². The Hall–Kier alpha value is -2.70. The second-order valence-corrected chi connectivity index (χ2v) is 21.0. The predicted molar refractivity (Wildman–Crippen MR) is 222 cm³/mol. The molecule has 258 valence electrons.